The van der Waals surface area contributed by atoms with Crippen molar-refractivity contribution in [2.75, 3.05) is 5.73 Å². The van der Waals surface area contributed by atoms with E-state index in [1.54, 1.807) is 6.07 Å². The summed E-state index contributed by atoms with van der Waals surface area (Å²) in [6.07, 6.45) is 0. The number of nitrogen functional groups attached to an aromatic ring is 1. The van der Waals surface area contributed by atoms with E-state index < -0.39 is 5.24 Å². The fourth-order valence-electron chi connectivity index (χ4n) is 0.781. The van der Waals surface area contributed by atoms with Crippen molar-refractivity contribution >= 4 is 22.8 Å². The van der Waals surface area contributed by atoms with Crippen LogP contribution in [0.1, 0.15) is 16.2 Å². The Balaban J connectivity index is 3.42. The SMILES string of the molecule is Cn1c(N)nc(C(=O)Cl)c1C#N. The Morgan fingerprint density at radius 2 is 2.42 bits per heavy atom. The summed E-state index contributed by atoms with van der Waals surface area (Å²) < 4.78 is 1.30. The van der Waals surface area contributed by atoms with Gasteiger partial charge in [0.2, 0.25) is 5.95 Å². The minimum atomic E-state index is -0.779. The number of rotatable bonds is 1. The predicted molar refractivity (Wildman–Crippen MR) is 42.5 cm³/mol. The van der Waals surface area contributed by atoms with Gasteiger partial charge in [-0.15, -0.1) is 0 Å². The lowest BCUT2D eigenvalue weighted by atomic mass is 10.4. The molecule has 2 N–H and O–H groups in total. The zero-order valence-electron chi connectivity index (χ0n) is 6.21. The summed E-state index contributed by atoms with van der Waals surface area (Å²) in [5.74, 6) is 0.0931. The molecule has 0 amide bonds. The van der Waals surface area contributed by atoms with Gasteiger partial charge in [0.25, 0.3) is 5.24 Å². The first kappa shape index (κ1) is 8.56. The van der Waals surface area contributed by atoms with E-state index >= 15 is 0 Å². The molecule has 0 unspecified atom stereocenters. The normalized spacial score (nSPS) is 9.42. The summed E-state index contributed by atoms with van der Waals surface area (Å²) >= 11 is 5.15. The van der Waals surface area contributed by atoms with Gasteiger partial charge in [-0.1, -0.05) is 0 Å². The van der Waals surface area contributed by atoms with Crippen LogP contribution in [-0.4, -0.2) is 14.8 Å². The van der Waals surface area contributed by atoms with E-state index in [0.29, 0.717) is 0 Å². The molecule has 0 radical (unpaired) electrons. The summed E-state index contributed by atoms with van der Waals surface area (Å²) in [6.45, 7) is 0. The van der Waals surface area contributed by atoms with Crippen molar-refractivity contribution in [2.45, 2.75) is 0 Å². The number of halogens is 1. The third-order valence-electron chi connectivity index (χ3n) is 1.42. The van der Waals surface area contributed by atoms with Crippen LogP contribution in [0, 0.1) is 11.3 Å². The van der Waals surface area contributed by atoms with E-state index in [1.165, 1.54) is 11.6 Å². The second-order valence-electron chi connectivity index (χ2n) is 2.11. The Bertz CT molecular complexity index is 376. The standard InChI is InChI=1S/C6H5ClN4O/c1-11-3(2-8)4(5(7)12)10-6(11)9/h1H3,(H2,9,10). The second kappa shape index (κ2) is 2.83. The van der Waals surface area contributed by atoms with E-state index in [0.717, 1.165) is 0 Å². The van der Waals surface area contributed by atoms with Gasteiger partial charge in [0.15, 0.2) is 11.4 Å². The third-order valence-corrected chi connectivity index (χ3v) is 1.60. The Hall–Kier alpha value is -1.54. The lowest BCUT2D eigenvalue weighted by molar-refractivity contribution is 0.107. The summed E-state index contributed by atoms with van der Waals surface area (Å²) in [4.78, 5) is 14.3. The van der Waals surface area contributed by atoms with Gasteiger partial charge in [-0.05, 0) is 11.6 Å². The molecule has 0 spiro atoms. The van der Waals surface area contributed by atoms with Crippen molar-refractivity contribution in [3.63, 3.8) is 0 Å². The molecule has 0 aromatic carbocycles. The van der Waals surface area contributed by atoms with Gasteiger partial charge in [-0.25, -0.2) is 4.98 Å². The molecule has 0 fully saturated rings. The smallest absolute Gasteiger partial charge is 0.273 e. The fourth-order valence-corrected chi connectivity index (χ4v) is 0.913. The number of anilines is 1. The van der Waals surface area contributed by atoms with Crippen LogP contribution in [0.25, 0.3) is 0 Å². The highest BCUT2D eigenvalue weighted by atomic mass is 35.5. The zero-order valence-corrected chi connectivity index (χ0v) is 6.96. The summed E-state index contributed by atoms with van der Waals surface area (Å²) in [7, 11) is 1.53. The molecule has 0 saturated heterocycles. The van der Waals surface area contributed by atoms with Crippen LogP contribution in [0.3, 0.4) is 0 Å². The highest BCUT2D eigenvalue weighted by Gasteiger charge is 2.17. The molecule has 0 aliphatic heterocycles. The minimum absolute atomic E-state index is 0.0764. The Labute approximate surface area is 73.4 Å². The topological polar surface area (TPSA) is 84.7 Å². The van der Waals surface area contributed by atoms with Crippen LogP contribution >= 0.6 is 11.6 Å². The van der Waals surface area contributed by atoms with Crippen molar-refractivity contribution < 1.29 is 4.79 Å². The third kappa shape index (κ3) is 1.12. The molecular weight excluding hydrogens is 180 g/mol. The van der Waals surface area contributed by atoms with Crippen molar-refractivity contribution in [1.82, 2.24) is 9.55 Å². The van der Waals surface area contributed by atoms with Gasteiger partial charge in [0.1, 0.15) is 6.07 Å². The van der Waals surface area contributed by atoms with Crippen LogP contribution < -0.4 is 5.73 Å². The number of nitrogens with zero attached hydrogens (tertiary/aromatic N) is 3. The van der Waals surface area contributed by atoms with Gasteiger partial charge in [0, 0.05) is 7.05 Å². The number of carbonyl (C=O) groups is 1. The molecule has 12 heavy (non-hydrogen) atoms. The summed E-state index contributed by atoms with van der Waals surface area (Å²) in [5.41, 5.74) is 5.32. The number of nitriles is 1. The lowest BCUT2D eigenvalue weighted by Gasteiger charge is -1.92. The lowest BCUT2D eigenvalue weighted by Crippen LogP contribution is -1.99. The number of nitrogens with two attached hydrogens (primary N) is 1. The van der Waals surface area contributed by atoms with Gasteiger partial charge < -0.3 is 10.3 Å². The molecule has 0 atom stereocenters. The first-order chi connectivity index (χ1) is 5.57. The maximum Gasteiger partial charge on any atom is 0.273 e. The zero-order chi connectivity index (χ0) is 9.30. The molecule has 62 valence electrons. The van der Waals surface area contributed by atoms with Crippen molar-refractivity contribution in [3.8, 4) is 6.07 Å². The van der Waals surface area contributed by atoms with Gasteiger partial charge in [0.05, 0.1) is 0 Å². The molecule has 0 aliphatic carbocycles. The molecule has 0 bridgehead atoms. The highest BCUT2D eigenvalue weighted by Crippen LogP contribution is 2.12. The average molecular weight is 185 g/mol. The van der Waals surface area contributed by atoms with Crippen LogP contribution in [0.5, 0.6) is 0 Å². The Morgan fingerprint density at radius 1 is 1.83 bits per heavy atom. The van der Waals surface area contributed by atoms with E-state index in [2.05, 4.69) is 4.98 Å². The van der Waals surface area contributed by atoms with Crippen LogP contribution in [0.2, 0.25) is 0 Å². The van der Waals surface area contributed by atoms with E-state index in [-0.39, 0.29) is 17.3 Å². The van der Waals surface area contributed by atoms with Crippen molar-refractivity contribution in [2.24, 2.45) is 7.05 Å². The van der Waals surface area contributed by atoms with Gasteiger partial charge in [-0.3, -0.25) is 4.79 Å². The van der Waals surface area contributed by atoms with Crippen LogP contribution in [0.15, 0.2) is 0 Å². The van der Waals surface area contributed by atoms with Crippen molar-refractivity contribution in [1.29, 1.82) is 5.26 Å². The quantitative estimate of drug-likeness (QED) is 0.635. The Morgan fingerprint density at radius 3 is 2.75 bits per heavy atom. The molecular formula is C6H5ClN4O. The maximum atomic E-state index is 10.7. The van der Waals surface area contributed by atoms with Crippen LogP contribution in [0.4, 0.5) is 5.95 Å². The number of hydrogen-bond donors (Lipinski definition) is 1. The first-order valence-electron chi connectivity index (χ1n) is 3.00. The van der Waals surface area contributed by atoms with E-state index in [1.807, 2.05) is 0 Å². The number of aromatic nitrogens is 2. The first-order valence-corrected chi connectivity index (χ1v) is 3.37. The highest BCUT2D eigenvalue weighted by molar-refractivity contribution is 6.67. The fraction of sp³-hybridized carbons (Fsp3) is 0.167. The van der Waals surface area contributed by atoms with Crippen LogP contribution in [-0.2, 0) is 7.05 Å². The molecule has 5 nitrogen and oxygen atoms in total. The minimum Gasteiger partial charge on any atom is -0.369 e. The number of hydrogen-bond acceptors (Lipinski definition) is 4. The molecule has 1 heterocycles. The molecule has 6 heteroatoms. The summed E-state index contributed by atoms with van der Waals surface area (Å²) in [5, 5.41) is 7.81. The van der Waals surface area contributed by atoms with Gasteiger partial charge in [-0.2, -0.15) is 5.26 Å². The molecule has 1 rings (SSSR count). The van der Waals surface area contributed by atoms with Gasteiger partial charge >= 0.3 is 0 Å². The number of carbonyl (C=O) groups excluding carboxylic acids is 1. The molecule has 1 aromatic rings. The summed E-state index contributed by atoms with van der Waals surface area (Å²) in [6, 6.07) is 1.78. The largest absolute Gasteiger partial charge is 0.369 e. The molecule has 1 aromatic heterocycles. The van der Waals surface area contributed by atoms with E-state index in [4.69, 9.17) is 22.6 Å². The molecule has 0 aliphatic rings. The Kier molecular flexibility index (Phi) is 2.02. The van der Waals surface area contributed by atoms with E-state index in [9.17, 15) is 4.79 Å². The van der Waals surface area contributed by atoms with Crippen molar-refractivity contribution in [3.05, 3.63) is 11.4 Å². The second-order valence-corrected chi connectivity index (χ2v) is 2.46. The maximum absolute atomic E-state index is 10.7. The predicted octanol–water partition coefficient (Wildman–Crippen LogP) is 0.253. The average Bonchev–Trinajstić information content (AvgIpc) is 2.29. The number of imidazole rings is 1. The molecule has 0 saturated carbocycles. The monoisotopic (exact) mass is 184 g/mol.